The maximum Gasteiger partial charge on any atom is 0.418 e. The molecule has 2 fully saturated rings. The summed E-state index contributed by atoms with van der Waals surface area (Å²) >= 11 is 11.9. The molecule has 5 rings (SSSR count). The third kappa shape index (κ3) is 4.03. The van der Waals surface area contributed by atoms with Gasteiger partial charge in [-0.05, 0) is 30.3 Å². The highest BCUT2D eigenvalue weighted by Gasteiger charge is 2.68. The molecule has 0 spiro atoms. The second-order valence-corrected chi connectivity index (χ2v) is 9.41. The second kappa shape index (κ2) is 8.79. The molecule has 3 aliphatic rings. The first kappa shape index (κ1) is 24.6. The molecule has 2 aromatic rings. The third-order valence-electron chi connectivity index (χ3n) is 6.42. The lowest BCUT2D eigenvalue weighted by molar-refractivity contribution is -0.137. The summed E-state index contributed by atoms with van der Waals surface area (Å²) in [6.45, 7) is -0.595. The van der Waals surface area contributed by atoms with Crippen LogP contribution in [-0.2, 0) is 25.3 Å². The second-order valence-electron chi connectivity index (χ2n) is 8.57. The van der Waals surface area contributed by atoms with Crippen molar-refractivity contribution < 1.29 is 37.0 Å². The molecule has 188 valence electrons. The lowest BCUT2D eigenvalue weighted by atomic mass is 9.77. The van der Waals surface area contributed by atoms with Gasteiger partial charge < -0.3 is 14.8 Å². The van der Waals surface area contributed by atoms with Crippen molar-refractivity contribution in [2.24, 2.45) is 11.8 Å². The fraction of sp³-hybridized carbons (Fsp3) is 0.292. The smallest absolute Gasteiger partial charge is 0.418 e. The summed E-state index contributed by atoms with van der Waals surface area (Å²) in [6.07, 6.45) is -2.40. The van der Waals surface area contributed by atoms with Gasteiger partial charge in [0.05, 0.1) is 40.8 Å². The van der Waals surface area contributed by atoms with E-state index in [0.29, 0.717) is 9.92 Å². The summed E-state index contributed by atoms with van der Waals surface area (Å²) in [7, 11) is 0. The van der Waals surface area contributed by atoms with Crippen LogP contribution in [0.15, 0.2) is 54.6 Å². The van der Waals surface area contributed by atoms with Crippen molar-refractivity contribution in [3.8, 4) is 5.75 Å². The molecule has 2 aromatic carbocycles. The number of carbonyl (C=O) groups is 3. The molecule has 0 saturated carbocycles. The van der Waals surface area contributed by atoms with Gasteiger partial charge in [0.15, 0.2) is 6.61 Å². The molecule has 4 unspecified atom stereocenters. The van der Waals surface area contributed by atoms with E-state index in [2.05, 4.69) is 5.32 Å². The van der Waals surface area contributed by atoms with E-state index in [9.17, 15) is 27.6 Å². The maximum absolute atomic E-state index is 13.6. The van der Waals surface area contributed by atoms with Crippen LogP contribution in [0.1, 0.15) is 5.56 Å². The molecule has 0 aromatic heterocycles. The predicted octanol–water partition coefficient (Wildman–Crippen LogP) is 4.02. The molecule has 0 radical (unpaired) electrons. The number of rotatable bonds is 6. The molecule has 12 heteroatoms. The van der Waals surface area contributed by atoms with Gasteiger partial charge in [-0.15, -0.1) is 0 Å². The SMILES string of the molecule is O=C(COc1ccc(Cl)cc1Cl)NCC12C=CC(O1)C1C(=O)N(c3ccccc3C(F)(F)F)C(=O)C12. The van der Waals surface area contributed by atoms with Gasteiger partial charge in [-0.25, -0.2) is 4.90 Å². The van der Waals surface area contributed by atoms with Crippen LogP contribution in [0.3, 0.4) is 0 Å². The zero-order valence-corrected chi connectivity index (χ0v) is 19.7. The van der Waals surface area contributed by atoms with Gasteiger partial charge in [0, 0.05) is 5.02 Å². The van der Waals surface area contributed by atoms with Gasteiger partial charge in [-0.1, -0.05) is 47.5 Å². The summed E-state index contributed by atoms with van der Waals surface area (Å²) in [5.74, 6) is -3.99. The quantitative estimate of drug-likeness (QED) is 0.442. The summed E-state index contributed by atoms with van der Waals surface area (Å²) in [5.41, 5.74) is -2.99. The Hall–Kier alpha value is -3.08. The van der Waals surface area contributed by atoms with Crippen molar-refractivity contribution in [2.75, 3.05) is 18.1 Å². The van der Waals surface area contributed by atoms with Crippen molar-refractivity contribution in [1.29, 1.82) is 0 Å². The Morgan fingerprint density at radius 1 is 1.14 bits per heavy atom. The minimum Gasteiger partial charge on any atom is -0.482 e. The molecule has 2 saturated heterocycles. The molecule has 3 heterocycles. The number of nitrogens with one attached hydrogen (secondary N) is 1. The Morgan fingerprint density at radius 3 is 2.61 bits per heavy atom. The molecule has 4 atom stereocenters. The number of carbonyl (C=O) groups excluding carboxylic acids is 3. The van der Waals surface area contributed by atoms with Crippen LogP contribution in [0.2, 0.25) is 10.0 Å². The van der Waals surface area contributed by atoms with Crippen LogP contribution in [0.5, 0.6) is 5.75 Å². The highest BCUT2D eigenvalue weighted by atomic mass is 35.5. The van der Waals surface area contributed by atoms with E-state index in [-0.39, 0.29) is 17.3 Å². The Labute approximate surface area is 212 Å². The number of imide groups is 1. The number of para-hydroxylation sites is 1. The first-order chi connectivity index (χ1) is 17.0. The van der Waals surface area contributed by atoms with E-state index < -0.39 is 65.3 Å². The fourth-order valence-electron chi connectivity index (χ4n) is 4.88. The maximum atomic E-state index is 13.6. The zero-order chi connectivity index (χ0) is 25.8. The Kier molecular flexibility index (Phi) is 6.01. The van der Waals surface area contributed by atoms with Gasteiger partial charge in [0.25, 0.3) is 5.91 Å². The van der Waals surface area contributed by atoms with E-state index in [1.165, 1.54) is 24.3 Å². The first-order valence-electron chi connectivity index (χ1n) is 10.8. The molecular formula is C24H17Cl2F3N2O5. The summed E-state index contributed by atoms with van der Waals surface area (Å²) < 4.78 is 52.0. The summed E-state index contributed by atoms with van der Waals surface area (Å²) in [4.78, 5) is 39.5. The number of halogens is 5. The van der Waals surface area contributed by atoms with Crippen molar-refractivity contribution in [1.82, 2.24) is 5.32 Å². The minimum atomic E-state index is -4.76. The average Bonchev–Trinajstić information content (AvgIpc) is 3.46. The Morgan fingerprint density at radius 2 is 1.89 bits per heavy atom. The highest BCUT2D eigenvalue weighted by molar-refractivity contribution is 6.35. The number of amides is 3. The average molecular weight is 541 g/mol. The predicted molar refractivity (Wildman–Crippen MR) is 123 cm³/mol. The van der Waals surface area contributed by atoms with E-state index in [4.69, 9.17) is 32.7 Å². The number of anilines is 1. The van der Waals surface area contributed by atoms with E-state index >= 15 is 0 Å². The minimum absolute atomic E-state index is 0.189. The van der Waals surface area contributed by atoms with Gasteiger partial charge in [0.2, 0.25) is 11.8 Å². The Bertz CT molecular complexity index is 1300. The van der Waals surface area contributed by atoms with Crippen LogP contribution in [-0.4, -0.2) is 42.6 Å². The third-order valence-corrected chi connectivity index (χ3v) is 6.95. The van der Waals surface area contributed by atoms with E-state index in [0.717, 1.165) is 12.1 Å². The molecule has 3 aliphatic heterocycles. The summed E-state index contributed by atoms with van der Waals surface area (Å²) in [5, 5.41) is 3.22. The largest absolute Gasteiger partial charge is 0.482 e. The van der Waals surface area contributed by atoms with Crippen molar-refractivity contribution >= 4 is 46.6 Å². The zero-order valence-electron chi connectivity index (χ0n) is 18.2. The highest BCUT2D eigenvalue weighted by Crippen LogP contribution is 2.53. The molecule has 36 heavy (non-hydrogen) atoms. The lowest BCUT2D eigenvalue weighted by Gasteiger charge is -2.29. The van der Waals surface area contributed by atoms with Crippen molar-refractivity contribution in [2.45, 2.75) is 17.9 Å². The van der Waals surface area contributed by atoms with Crippen LogP contribution < -0.4 is 15.0 Å². The van der Waals surface area contributed by atoms with Crippen LogP contribution in [0.25, 0.3) is 0 Å². The topological polar surface area (TPSA) is 84.9 Å². The van der Waals surface area contributed by atoms with Crippen LogP contribution >= 0.6 is 23.2 Å². The molecular weight excluding hydrogens is 524 g/mol. The molecule has 0 aliphatic carbocycles. The number of alkyl halides is 3. The number of benzene rings is 2. The number of ether oxygens (including phenoxy) is 2. The van der Waals surface area contributed by atoms with Crippen LogP contribution in [0, 0.1) is 11.8 Å². The van der Waals surface area contributed by atoms with Gasteiger partial charge in [0.1, 0.15) is 11.4 Å². The Balaban J connectivity index is 1.32. The lowest BCUT2D eigenvalue weighted by Crippen LogP contribution is -2.49. The molecule has 3 amide bonds. The van der Waals surface area contributed by atoms with Crippen molar-refractivity contribution in [3.05, 3.63) is 70.2 Å². The first-order valence-corrected chi connectivity index (χ1v) is 11.5. The van der Waals surface area contributed by atoms with Gasteiger partial charge in [-0.3, -0.25) is 14.4 Å². The standard InChI is InChI=1S/C24H17Cl2F3N2O5/c25-12-5-6-16(14(26)9-12)35-10-18(32)30-11-23-8-7-17(36-23)19-20(23)22(34)31(21(19)33)15-4-2-1-3-13(15)24(27,28)29/h1-9,17,19-20H,10-11H2,(H,30,32). The van der Waals surface area contributed by atoms with Gasteiger partial charge in [-0.2, -0.15) is 13.2 Å². The summed E-state index contributed by atoms with van der Waals surface area (Å²) in [6, 6.07) is 8.91. The number of hydrogen-bond acceptors (Lipinski definition) is 5. The normalized spacial score (nSPS) is 26.5. The van der Waals surface area contributed by atoms with Crippen LogP contribution in [0.4, 0.5) is 18.9 Å². The fourth-order valence-corrected chi connectivity index (χ4v) is 5.34. The molecule has 7 nitrogen and oxygen atoms in total. The monoisotopic (exact) mass is 540 g/mol. The molecule has 2 bridgehead atoms. The van der Waals surface area contributed by atoms with E-state index in [1.54, 1.807) is 18.2 Å². The number of fused-ring (bicyclic) bond motifs is 5. The van der Waals surface area contributed by atoms with E-state index in [1.807, 2.05) is 0 Å². The number of hydrogen-bond donors (Lipinski definition) is 1. The molecule has 1 N–H and O–H groups in total. The van der Waals surface area contributed by atoms with Gasteiger partial charge >= 0.3 is 6.18 Å². The van der Waals surface area contributed by atoms with Crippen molar-refractivity contribution in [3.63, 3.8) is 0 Å². The number of nitrogens with zero attached hydrogens (tertiary/aromatic N) is 1.